The lowest BCUT2D eigenvalue weighted by Crippen LogP contribution is -2.49. The van der Waals surface area contributed by atoms with E-state index in [4.69, 9.17) is 5.26 Å². The first-order valence-corrected chi connectivity index (χ1v) is 5.76. The van der Waals surface area contributed by atoms with E-state index in [0.717, 1.165) is 45.2 Å². The molecule has 4 heteroatoms. The molecule has 0 aliphatic carbocycles. The number of carbonyl (C=O) groups is 1. The van der Waals surface area contributed by atoms with Crippen molar-refractivity contribution in [3.05, 3.63) is 0 Å². The van der Waals surface area contributed by atoms with Gasteiger partial charge in [0.25, 0.3) is 0 Å². The fourth-order valence-corrected chi connectivity index (χ4v) is 2.43. The molecule has 0 unspecified atom stereocenters. The van der Waals surface area contributed by atoms with E-state index in [0.29, 0.717) is 0 Å². The van der Waals surface area contributed by atoms with E-state index in [1.807, 2.05) is 0 Å². The molecule has 0 aromatic rings. The Kier molecular flexibility index (Phi) is 3.22. The second kappa shape index (κ2) is 4.63. The van der Waals surface area contributed by atoms with Crippen molar-refractivity contribution in [1.82, 2.24) is 10.2 Å². The minimum Gasteiger partial charge on any atom is -0.325 e. The number of amides is 1. The lowest BCUT2D eigenvalue weighted by molar-refractivity contribution is -0.134. The molecule has 2 fully saturated rings. The summed E-state index contributed by atoms with van der Waals surface area (Å²) in [5.74, 6) is 0.138. The van der Waals surface area contributed by atoms with Crippen molar-refractivity contribution < 1.29 is 4.79 Å². The molecular formula is C11H17N3O. The van der Waals surface area contributed by atoms with Gasteiger partial charge in [-0.1, -0.05) is 6.42 Å². The largest absolute Gasteiger partial charge is 0.325 e. The van der Waals surface area contributed by atoms with Gasteiger partial charge in [0, 0.05) is 6.54 Å². The Morgan fingerprint density at radius 1 is 1.33 bits per heavy atom. The molecule has 0 spiro atoms. The molecule has 0 saturated carbocycles. The SMILES string of the molecule is N#C[C@@H]1CCCN1C(=O)[C@@H]1CCCCN1. The molecule has 15 heavy (non-hydrogen) atoms. The first-order valence-electron chi connectivity index (χ1n) is 5.76. The van der Waals surface area contributed by atoms with Crippen LogP contribution in [0.15, 0.2) is 0 Å². The number of piperidine rings is 1. The summed E-state index contributed by atoms with van der Waals surface area (Å²) in [7, 11) is 0. The van der Waals surface area contributed by atoms with Crippen LogP contribution in [0.5, 0.6) is 0 Å². The molecule has 2 atom stereocenters. The molecule has 0 aromatic heterocycles. The lowest BCUT2D eigenvalue weighted by Gasteiger charge is -2.28. The Morgan fingerprint density at radius 3 is 2.87 bits per heavy atom. The Bertz CT molecular complexity index is 278. The molecule has 1 N–H and O–H groups in total. The summed E-state index contributed by atoms with van der Waals surface area (Å²) in [4.78, 5) is 13.8. The zero-order chi connectivity index (χ0) is 10.7. The van der Waals surface area contributed by atoms with Gasteiger partial charge in [-0.15, -0.1) is 0 Å². The highest BCUT2D eigenvalue weighted by molar-refractivity contribution is 5.82. The van der Waals surface area contributed by atoms with Crippen molar-refractivity contribution in [2.45, 2.75) is 44.2 Å². The van der Waals surface area contributed by atoms with E-state index < -0.39 is 0 Å². The van der Waals surface area contributed by atoms with Gasteiger partial charge >= 0.3 is 0 Å². The molecule has 2 saturated heterocycles. The minimum atomic E-state index is -0.179. The quantitative estimate of drug-likeness (QED) is 0.686. The highest BCUT2D eigenvalue weighted by atomic mass is 16.2. The van der Waals surface area contributed by atoms with E-state index in [1.54, 1.807) is 4.90 Å². The highest BCUT2D eigenvalue weighted by Crippen LogP contribution is 2.19. The van der Waals surface area contributed by atoms with Crippen LogP contribution in [-0.4, -0.2) is 36.0 Å². The molecule has 0 aromatic carbocycles. The molecule has 2 aliphatic heterocycles. The van der Waals surface area contributed by atoms with E-state index >= 15 is 0 Å². The van der Waals surface area contributed by atoms with Crippen LogP contribution in [-0.2, 0) is 4.79 Å². The van der Waals surface area contributed by atoms with Gasteiger partial charge < -0.3 is 10.2 Å². The molecule has 2 heterocycles. The van der Waals surface area contributed by atoms with Crippen LogP contribution in [0.25, 0.3) is 0 Å². The number of nitrogens with zero attached hydrogens (tertiary/aromatic N) is 2. The van der Waals surface area contributed by atoms with E-state index in [2.05, 4.69) is 11.4 Å². The average Bonchev–Trinajstić information content (AvgIpc) is 2.77. The summed E-state index contributed by atoms with van der Waals surface area (Å²) in [5, 5.41) is 12.2. The first kappa shape index (κ1) is 10.4. The second-order valence-electron chi connectivity index (χ2n) is 4.32. The minimum absolute atomic E-state index is 0.0345. The van der Waals surface area contributed by atoms with E-state index in [1.165, 1.54) is 0 Å². The predicted octanol–water partition coefficient (Wildman–Crippen LogP) is 0.643. The standard InChI is InChI=1S/C11H17N3O/c12-8-9-4-3-7-14(9)11(15)10-5-1-2-6-13-10/h9-10,13H,1-7H2/t9-,10-/m0/s1. The highest BCUT2D eigenvalue weighted by Gasteiger charge is 2.33. The Hall–Kier alpha value is -1.08. The number of likely N-dealkylation sites (tertiary alicyclic amines) is 1. The number of nitrogens with one attached hydrogen (secondary N) is 1. The Morgan fingerprint density at radius 2 is 2.20 bits per heavy atom. The molecule has 0 bridgehead atoms. The average molecular weight is 207 g/mol. The van der Waals surface area contributed by atoms with Gasteiger partial charge in [0.15, 0.2) is 0 Å². The molecule has 1 amide bonds. The number of hydrogen-bond donors (Lipinski definition) is 1. The molecular weight excluding hydrogens is 190 g/mol. The predicted molar refractivity (Wildman–Crippen MR) is 56.0 cm³/mol. The fourth-order valence-electron chi connectivity index (χ4n) is 2.43. The summed E-state index contributed by atoms with van der Waals surface area (Å²) >= 11 is 0. The van der Waals surface area contributed by atoms with Crippen molar-refractivity contribution in [3.63, 3.8) is 0 Å². The molecule has 0 radical (unpaired) electrons. The maximum Gasteiger partial charge on any atom is 0.240 e. The smallest absolute Gasteiger partial charge is 0.240 e. The molecule has 2 rings (SSSR count). The van der Waals surface area contributed by atoms with Gasteiger partial charge in [-0.05, 0) is 32.2 Å². The van der Waals surface area contributed by atoms with Gasteiger partial charge in [0.1, 0.15) is 6.04 Å². The van der Waals surface area contributed by atoms with Crippen molar-refractivity contribution in [3.8, 4) is 6.07 Å². The number of rotatable bonds is 1. The van der Waals surface area contributed by atoms with E-state index in [9.17, 15) is 4.79 Å². The topological polar surface area (TPSA) is 56.1 Å². The monoisotopic (exact) mass is 207 g/mol. The van der Waals surface area contributed by atoms with Crippen LogP contribution in [0.3, 0.4) is 0 Å². The maximum atomic E-state index is 12.1. The van der Waals surface area contributed by atoms with Crippen molar-refractivity contribution in [2.75, 3.05) is 13.1 Å². The third kappa shape index (κ3) is 2.13. The summed E-state index contributed by atoms with van der Waals surface area (Å²) in [6.07, 6.45) is 5.01. The van der Waals surface area contributed by atoms with Gasteiger partial charge in [-0.25, -0.2) is 0 Å². The van der Waals surface area contributed by atoms with Crippen LogP contribution in [0.4, 0.5) is 0 Å². The molecule has 2 aliphatic rings. The van der Waals surface area contributed by atoms with Gasteiger partial charge in [0.2, 0.25) is 5.91 Å². The molecule has 82 valence electrons. The van der Waals surface area contributed by atoms with Crippen molar-refractivity contribution in [1.29, 1.82) is 5.26 Å². The van der Waals surface area contributed by atoms with Crippen LogP contribution in [0, 0.1) is 11.3 Å². The van der Waals surface area contributed by atoms with Crippen LogP contribution < -0.4 is 5.32 Å². The third-order valence-corrected chi connectivity index (χ3v) is 3.29. The summed E-state index contributed by atoms with van der Waals surface area (Å²) in [6.45, 7) is 1.69. The van der Waals surface area contributed by atoms with Crippen molar-refractivity contribution in [2.24, 2.45) is 0 Å². The summed E-state index contributed by atoms with van der Waals surface area (Å²) in [5.41, 5.74) is 0. The summed E-state index contributed by atoms with van der Waals surface area (Å²) in [6, 6.07) is 2.00. The summed E-state index contributed by atoms with van der Waals surface area (Å²) < 4.78 is 0. The van der Waals surface area contributed by atoms with Crippen molar-refractivity contribution >= 4 is 5.91 Å². The Balaban J connectivity index is 1.97. The Labute approximate surface area is 90.2 Å². The fraction of sp³-hybridized carbons (Fsp3) is 0.818. The zero-order valence-electron chi connectivity index (χ0n) is 8.91. The normalized spacial score (nSPS) is 31.3. The maximum absolute atomic E-state index is 12.1. The number of hydrogen-bond acceptors (Lipinski definition) is 3. The first-order chi connectivity index (χ1) is 7.33. The van der Waals surface area contributed by atoms with Crippen LogP contribution in [0.2, 0.25) is 0 Å². The zero-order valence-corrected chi connectivity index (χ0v) is 8.91. The van der Waals surface area contributed by atoms with Crippen LogP contribution >= 0.6 is 0 Å². The van der Waals surface area contributed by atoms with Gasteiger partial charge in [0.05, 0.1) is 12.1 Å². The van der Waals surface area contributed by atoms with Gasteiger partial charge in [-0.2, -0.15) is 5.26 Å². The van der Waals surface area contributed by atoms with Gasteiger partial charge in [-0.3, -0.25) is 4.79 Å². The molecule has 4 nitrogen and oxygen atoms in total. The lowest BCUT2D eigenvalue weighted by atomic mass is 10.0. The number of carbonyl (C=O) groups excluding carboxylic acids is 1. The van der Waals surface area contributed by atoms with E-state index in [-0.39, 0.29) is 18.0 Å². The third-order valence-electron chi connectivity index (χ3n) is 3.29. The second-order valence-corrected chi connectivity index (χ2v) is 4.32. The number of nitriles is 1. The van der Waals surface area contributed by atoms with Crippen LogP contribution in [0.1, 0.15) is 32.1 Å².